The van der Waals surface area contributed by atoms with E-state index in [1.165, 1.54) is 0 Å². The summed E-state index contributed by atoms with van der Waals surface area (Å²) in [5, 5.41) is 0. The minimum Gasteiger partial charge on any atom is -0.331 e. The number of thiophene rings is 1. The first-order valence-electron chi connectivity index (χ1n) is 6.17. The van der Waals surface area contributed by atoms with Crippen molar-refractivity contribution in [1.29, 1.82) is 0 Å². The monoisotopic (exact) mass is 413 g/mol. The lowest BCUT2D eigenvalue weighted by Crippen LogP contribution is -2.14. The van der Waals surface area contributed by atoms with Crippen LogP contribution < -0.4 is 5.73 Å². The van der Waals surface area contributed by atoms with Gasteiger partial charge in [-0.15, -0.1) is 11.3 Å². The summed E-state index contributed by atoms with van der Waals surface area (Å²) in [6, 6.07) is 10.2. The third-order valence-corrected chi connectivity index (χ3v) is 6.70. The van der Waals surface area contributed by atoms with E-state index in [0.717, 1.165) is 36.4 Å². The summed E-state index contributed by atoms with van der Waals surface area (Å²) in [6.45, 7) is 0. The molecule has 3 rings (SSSR count). The molecule has 0 bridgehead atoms. The van der Waals surface area contributed by atoms with E-state index in [9.17, 15) is 0 Å². The molecule has 3 nitrogen and oxygen atoms in total. The standard InChI is InChI=1S/C14H13Br2N3S/c1-19-11-5-3-2-4-10(11)18-13(19)7-9(17)12-6-8(15)14(16)20-12/h2-6,9H,7,17H2,1H3. The summed E-state index contributed by atoms with van der Waals surface area (Å²) in [6.07, 6.45) is 0.727. The molecule has 0 spiro atoms. The number of aryl methyl sites for hydroxylation is 1. The van der Waals surface area contributed by atoms with Crippen molar-refractivity contribution in [2.75, 3.05) is 0 Å². The Balaban J connectivity index is 1.91. The lowest BCUT2D eigenvalue weighted by molar-refractivity contribution is 0.674. The summed E-state index contributed by atoms with van der Waals surface area (Å²) < 4.78 is 4.25. The van der Waals surface area contributed by atoms with Crippen molar-refractivity contribution in [3.8, 4) is 0 Å². The molecule has 2 N–H and O–H groups in total. The van der Waals surface area contributed by atoms with Crippen molar-refractivity contribution in [3.05, 3.63) is 49.3 Å². The number of hydrogen-bond acceptors (Lipinski definition) is 3. The molecule has 2 aromatic heterocycles. The summed E-state index contributed by atoms with van der Waals surface area (Å²) in [5.41, 5.74) is 8.48. The fourth-order valence-corrected chi connectivity index (χ4v) is 4.31. The van der Waals surface area contributed by atoms with Crippen molar-refractivity contribution >= 4 is 54.2 Å². The van der Waals surface area contributed by atoms with E-state index < -0.39 is 0 Å². The van der Waals surface area contributed by atoms with Crippen LogP contribution >= 0.6 is 43.2 Å². The highest BCUT2D eigenvalue weighted by atomic mass is 79.9. The third kappa shape index (κ3) is 2.57. The zero-order valence-electron chi connectivity index (χ0n) is 10.8. The second-order valence-electron chi connectivity index (χ2n) is 4.66. The SMILES string of the molecule is Cn1c(CC(N)c2cc(Br)c(Br)s2)nc2ccccc21. The van der Waals surface area contributed by atoms with Crippen LogP contribution in [0.2, 0.25) is 0 Å². The molecule has 0 aliphatic rings. The maximum atomic E-state index is 6.32. The molecule has 1 aromatic carbocycles. The third-order valence-electron chi connectivity index (χ3n) is 3.31. The van der Waals surface area contributed by atoms with Crippen molar-refractivity contribution in [2.45, 2.75) is 12.5 Å². The van der Waals surface area contributed by atoms with Gasteiger partial charge in [0.1, 0.15) is 5.82 Å². The van der Waals surface area contributed by atoms with Crippen LogP contribution in [0.15, 0.2) is 38.6 Å². The average molecular weight is 415 g/mol. The Hall–Kier alpha value is -0.690. The number of halogens is 2. The van der Waals surface area contributed by atoms with E-state index in [1.54, 1.807) is 11.3 Å². The van der Waals surface area contributed by atoms with Gasteiger partial charge in [0.15, 0.2) is 0 Å². The number of aromatic nitrogens is 2. The molecule has 1 unspecified atom stereocenters. The number of nitrogens with two attached hydrogens (primary N) is 1. The predicted octanol–water partition coefficient (Wildman–Crippen LogP) is 4.40. The van der Waals surface area contributed by atoms with Crippen molar-refractivity contribution in [1.82, 2.24) is 9.55 Å². The second-order valence-corrected chi connectivity index (χ2v) is 7.91. The van der Waals surface area contributed by atoms with Crippen LogP contribution in [-0.2, 0) is 13.5 Å². The molecule has 0 saturated carbocycles. The van der Waals surface area contributed by atoms with Gasteiger partial charge in [-0.2, -0.15) is 0 Å². The molecule has 6 heteroatoms. The van der Waals surface area contributed by atoms with E-state index in [1.807, 2.05) is 25.2 Å². The first kappa shape index (κ1) is 14.3. The lowest BCUT2D eigenvalue weighted by atomic mass is 10.2. The second kappa shape index (κ2) is 5.60. The van der Waals surface area contributed by atoms with Crippen LogP contribution in [0.25, 0.3) is 11.0 Å². The molecule has 0 saturated heterocycles. The minimum atomic E-state index is -0.0434. The molecule has 0 radical (unpaired) electrons. The summed E-state index contributed by atoms with van der Waals surface area (Å²) >= 11 is 8.67. The van der Waals surface area contributed by atoms with Gasteiger partial charge in [0.2, 0.25) is 0 Å². The van der Waals surface area contributed by atoms with Gasteiger partial charge in [0, 0.05) is 28.9 Å². The van der Waals surface area contributed by atoms with Crippen LogP contribution in [0.5, 0.6) is 0 Å². The van der Waals surface area contributed by atoms with Gasteiger partial charge in [0.05, 0.1) is 14.8 Å². The van der Waals surface area contributed by atoms with E-state index in [-0.39, 0.29) is 6.04 Å². The van der Waals surface area contributed by atoms with Gasteiger partial charge in [0.25, 0.3) is 0 Å². The Morgan fingerprint density at radius 3 is 2.75 bits per heavy atom. The molecule has 3 aromatic rings. The summed E-state index contributed by atoms with van der Waals surface area (Å²) in [4.78, 5) is 5.82. The Morgan fingerprint density at radius 2 is 2.10 bits per heavy atom. The molecule has 0 amide bonds. The highest BCUT2D eigenvalue weighted by molar-refractivity contribution is 9.13. The van der Waals surface area contributed by atoms with Gasteiger partial charge < -0.3 is 10.3 Å². The van der Waals surface area contributed by atoms with E-state index in [4.69, 9.17) is 5.73 Å². The average Bonchev–Trinajstić information content (AvgIpc) is 2.92. The Labute approximate surface area is 138 Å². The van der Waals surface area contributed by atoms with Crippen LogP contribution in [0.4, 0.5) is 0 Å². The molecular formula is C14H13Br2N3S. The van der Waals surface area contributed by atoms with Crippen molar-refractivity contribution < 1.29 is 0 Å². The van der Waals surface area contributed by atoms with E-state index in [0.29, 0.717) is 0 Å². The van der Waals surface area contributed by atoms with Gasteiger partial charge in [-0.05, 0) is 50.1 Å². The van der Waals surface area contributed by atoms with Crippen LogP contribution in [0, 0.1) is 0 Å². The molecule has 0 aliphatic carbocycles. The number of fused-ring (bicyclic) bond motifs is 1. The first-order chi connectivity index (χ1) is 9.56. The molecule has 1 atom stereocenters. The van der Waals surface area contributed by atoms with Gasteiger partial charge >= 0.3 is 0 Å². The smallest absolute Gasteiger partial charge is 0.111 e. The number of nitrogens with zero attached hydrogens (tertiary/aromatic N) is 2. The highest BCUT2D eigenvalue weighted by Gasteiger charge is 2.16. The fraction of sp³-hybridized carbons (Fsp3) is 0.214. The molecule has 0 fully saturated rings. The fourth-order valence-electron chi connectivity index (χ4n) is 2.22. The van der Waals surface area contributed by atoms with Crippen LogP contribution in [0.1, 0.15) is 16.7 Å². The summed E-state index contributed by atoms with van der Waals surface area (Å²) in [5.74, 6) is 1.01. The zero-order chi connectivity index (χ0) is 14.3. The van der Waals surface area contributed by atoms with Crippen LogP contribution in [-0.4, -0.2) is 9.55 Å². The Kier molecular flexibility index (Phi) is 3.99. The molecule has 104 valence electrons. The molecule has 2 heterocycles. The first-order valence-corrected chi connectivity index (χ1v) is 8.57. The normalized spacial score (nSPS) is 13.0. The van der Waals surface area contributed by atoms with Gasteiger partial charge in [-0.1, -0.05) is 12.1 Å². The maximum Gasteiger partial charge on any atom is 0.111 e. The Bertz CT molecular complexity index is 743. The topological polar surface area (TPSA) is 43.8 Å². The van der Waals surface area contributed by atoms with Crippen molar-refractivity contribution in [3.63, 3.8) is 0 Å². The molecule has 0 aliphatic heterocycles. The van der Waals surface area contributed by atoms with Gasteiger partial charge in [-0.3, -0.25) is 0 Å². The van der Waals surface area contributed by atoms with Gasteiger partial charge in [-0.25, -0.2) is 4.98 Å². The predicted molar refractivity (Wildman–Crippen MR) is 91.1 cm³/mol. The summed E-state index contributed by atoms with van der Waals surface area (Å²) in [7, 11) is 2.04. The van der Waals surface area contributed by atoms with E-state index >= 15 is 0 Å². The quantitative estimate of drug-likeness (QED) is 0.689. The van der Waals surface area contributed by atoms with E-state index in [2.05, 4.69) is 53.5 Å². The largest absolute Gasteiger partial charge is 0.331 e. The molecular weight excluding hydrogens is 402 g/mol. The number of imidazole rings is 1. The van der Waals surface area contributed by atoms with Crippen molar-refractivity contribution in [2.24, 2.45) is 12.8 Å². The molecule has 20 heavy (non-hydrogen) atoms. The number of hydrogen-bond donors (Lipinski definition) is 1. The zero-order valence-corrected chi connectivity index (χ0v) is 14.8. The highest BCUT2D eigenvalue weighted by Crippen LogP contribution is 2.35. The number of rotatable bonds is 3. The van der Waals surface area contributed by atoms with Crippen LogP contribution in [0.3, 0.4) is 0 Å². The number of benzene rings is 1. The lowest BCUT2D eigenvalue weighted by Gasteiger charge is -2.09. The minimum absolute atomic E-state index is 0.0434. The maximum absolute atomic E-state index is 6.32. The number of para-hydroxylation sites is 2. The Morgan fingerprint density at radius 1 is 1.35 bits per heavy atom.